The molecule has 0 bridgehead atoms. The smallest absolute Gasteiger partial charge is 0.248 e. The average Bonchev–Trinajstić information content (AvgIpc) is 3.00. The SMILES string of the molecule is CC(C)c1cccc(C(C)C)c1NC(=O)[C@@H](C)n1cccn1. The highest BCUT2D eigenvalue weighted by Crippen LogP contribution is 2.32. The number of carbonyl (C=O) groups is 1. The van der Waals surface area contributed by atoms with E-state index in [0.29, 0.717) is 11.8 Å². The lowest BCUT2D eigenvalue weighted by Crippen LogP contribution is -2.25. The molecule has 1 atom stereocenters. The summed E-state index contributed by atoms with van der Waals surface area (Å²) in [6.07, 6.45) is 3.49. The number of hydrogen-bond acceptors (Lipinski definition) is 2. The van der Waals surface area contributed by atoms with Gasteiger partial charge in [-0.05, 0) is 36.0 Å². The van der Waals surface area contributed by atoms with Crippen LogP contribution in [0.25, 0.3) is 0 Å². The molecule has 0 aliphatic heterocycles. The summed E-state index contributed by atoms with van der Waals surface area (Å²) < 4.78 is 1.67. The van der Waals surface area contributed by atoms with Gasteiger partial charge in [0.25, 0.3) is 0 Å². The summed E-state index contributed by atoms with van der Waals surface area (Å²) in [7, 11) is 0. The number of carbonyl (C=O) groups excluding carboxylic acids is 1. The maximum Gasteiger partial charge on any atom is 0.248 e. The fourth-order valence-electron chi connectivity index (χ4n) is 2.55. The summed E-state index contributed by atoms with van der Waals surface area (Å²) in [5, 5.41) is 7.28. The van der Waals surface area contributed by atoms with Crippen molar-refractivity contribution in [2.75, 3.05) is 5.32 Å². The van der Waals surface area contributed by atoms with Crippen molar-refractivity contribution in [3.63, 3.8) is 0 Å². The molecule has 0 fully saturated rings. The number of rotatable bonds is 5. The Bertz CT molecular complexity index is 604. The summed E-state index contributed by atoms with van der Waals surface area (Å²) in [6, 6.07) is 7.73. The maximum atomic E-state index is 12.6. The summed E-state index contributed by atoms with van der Waals surface area (Å²) in [6.45, 7) is 10.4. The molecule has 2 rings (SSSR count). The number of benzene rings is 1. The van der Waals surface area contributed by atoms with Gasteiger partial charge < -0.3 is 5.32 Å². The fraction of sp³-hybridized carbons (Fsp3) is 0.444. The molecule has 0 saturated carbocycles. The van der Waals surface area contributed by atoms with Crippen molar-refractivity contribution in [1.29, 1.82) is 0 Å². The number of nitrogens with zero attached hydrogens (tertiary/aromatic N) is 2. The largest absolute Gasteiger partial charge is 0.324 e. The second-order valence-corrected chi connectivity index (χ2v) is 6.27. The highest BCUT2D eigenvalue weighted by Gasteiger charge is 2.20. The second kappa shape index (κ2) is 6.77. The minimum atomic E-state index is -0.338. The Morgan fingerprint density at radius 3 is 2.09 bits per heavy atom. The molecule has 1 aromatic heterocycles. The zero-order valence-corrected chi connectivity index (χ0v) is 14.0. The topological polar surface area (TPSA) is 46.9 Å². The van der Waals surface area contributed by atoms with Gasteiger partial charge in [0.15, 0.2) is 0 Å². The van der Waals surface area contributed by atoms with Crippen LogP contribution in [0.1, 0.15) is 63.6 Å². The molecule has 0 saturated heterocycles. The Morgan fingerprint density at radius 1 is 1.05 bits per heavy atom. The first-order valence-corrected chi connectivity index (χ1v) is 7.84. The number of anilines is 1. The summed E-state index contributed by atoms with van der Waals surface area (Å²) >= 11 is 0. The summed E-state index contributed by atoms with van der Waals surface area (Å²) in [4.78, 5) is 12.6. The molecule has 1 N–H and O–H groups in total. The zero-order chi connectivity index (χ0) is 16.3. The number of para-hydroxylation sites is 1. The lowest BCUT2D eigenvalue weighted by atomic mass is 9.92. The molecule has 0 radical (unpaired) electrons. The molecule has 0 aliphatic carbocycles. The third kappa shape index (κ3) is 3.38. The molecular formula is C18H25N3O. The van der Waals surface area contributed by atoms with E-state index >= 15 is 0 Å². The van der Waals surface area contributed by atoms with Gasteiger partial charge in [-0.3, -0.25) is 9.48 Å². The van der Waals surface area contributed by atoms with Crippen LogP contribution >= 0.6 is 0 Å². The van der Waals surface area contributed by atoms with Gasteiger partial charge in [-0.25, -0.2) is 0 Å². The number of amides is 1. The van der Waals surface area contributed by atoms with E-state index in [9.17, 15) is 4.79 Å². The molecule has 2 aromatic rings. The standard InChI is InChI=1S/C18H25N3O/c1-12(2)15-8-6-9-16(13(3)4)17(15)20-18(22)14(5)21-11-7-10-19-21/h6-14H,1-5H3,(H,20,22)/t14-/m1/s1. The quantitative estimate of drug-likeness (QED) is 0.893. The number of hydrogen-bond donors (Lipinski definition) is 1. The van der Waals surface area contributed by atoms with E-state index < -0.39 is 0 Å². The molecule has 0 aliphatic rings. The number of aromatic nitrogens is 2. The van der Waals surface area contributed by atoms with E-state index in [0.717, 1.165) is 5.69 Å². The molecule has 4 heteroatoms. The van der Waals surface area contributed by atoms with E-state index in [1.54, 1.807) is 10.9 Å². The molecule has 1 amide bonds. The fourth-order valence-corrected chi connectivity index (χ4v) is 2.55. The van der Waals surface area contributed by atoms with E-state index in [1.165, 1.54) is 11.1 Å². The molecule has 22 heavy (non-hydrogen) atoms. The van der Waals surface area contributed by atoms with E-state index in [1.807, 2.05) is 19.2 Å². The molecule has 4 nitrogen and oxygen atoms in total. The van der Waals surface area contributed by atoms with Crippen molar-refractivity contribution in [3.05, 3.63) is 47.8 Å². The van der Waals surface area contributed by atoms with Gasteiger partial charge in [-0.2, -0.15) is 5.10 Å². The van der Waals surface area contributed by atoms with Crippen LogP contribution in [0.3, 0.4) is 0 Å². The minimum Gasteiger partial charge on any atom is -0.324 e. The van der Waals surface area contributed by atoms with Crippen LogP contribution < -0.4 is 5.32 Å². The van der Waals surface area contributed by atoms with E-state index in [4.69, 9.17) is 0 Å². The Balaban J connectivity index is 2.33. The second-order valence-electron chi connectivity index (χ2n) is 6.27. The molecule has 0 unspecified atom stereocenters. The predicted octanol–water partition coefficient (Wildman–Crippen LogP) is 4.33. The Morgan fingerprint density at radius 2 is 1.64 bits per heavy atom. The van der Waals surface area contributed by atoms with Gasteiger partial charge in [0.2, 0.25) is 5.91 Å². The normalized spacial score (nSPS) is 12.7. The van der Waals surface area contributed by atoms with Crippen LogP contribution in [0.2, 0.25) is 0 Å². The summed E-state index contributed by atoms with van der Waals surface area (Å²) in [5.41, 5.74) is 3.30. The third-order valence-corrected chi connectivity index (χ3v) is 3.92. The van der Waals surface area contributed by atoms with Crippen molar-refractivity contribution in [1.82, 2.24) is 9.78 Å². The Hall–Kier alpha value is -2.10. The van der Waals surface area contributed by atoms with Crippen LogP contribution in [0.15, 0.2) is 36.7 Å². The molecule has 0 spiro atoms. The average molecular weight is 299 g/mol. The van der Waals surface area contributed by atoms with E-state index in [2.05, 4.69) is 56.3 Å². The van der Waals surface area contributed by atoms with Gasteiger partial charge in [-0.1, -0.05) is 45.9 Å². The number of nitrogens with one attached hydrogen (secondary N) is 1. The Kier molecular flexibility index (Phi) is 5.01. The van der Waals surface area contributed by atoms with Crippen LogP contribution in [-0.2, 0) is 4.79 Å². The van der Waals surface area contributed by atoms with Crippen molar-refractivity contribution in [3.8, 4) is 0 Å². The van der Waals surface area contributed by atoms with Crippen molar-refractivity contribution < 1.29 is 4.79 Å². The molecule has 1 aromatic carbocycles. The van der Waals surface area contributed by atoms with Crippen LogP contribution in [0, 0.1) is 0 Å². The van der Waals surface area contributed by atoms with Gasteiger partial charge in [0.05, 0.1) is 0 Å². The van der Waals surface area contributed by atoms with Crippen molar-refractivity contribution >= 4 is 11.6 Å². The van der Waals surface area contributed by atoms with Gasteiger partial charge in [0.1, 0.15) is 6.04 Å². The third-order valence-electron chi connectivity index (χ3n) is 3.92. The van der Waals surface area contributed by atoms with Gasteiger partial charge in [0, 0.05) is 18.1 Å². The van der Waals surface area contributed by atoms with E-state index in [-0.39, 0.29) is 11.9 Å². The maximum absolute atomic E-state index is 12.6. The van der Waals surface area contributed by atoms with Crippen LogP contribution in [0.4, 0.5) is 5.69 Å². The zero-order valence-electron chi connectivity index (χ0n) is 14.0. The van der Waals surface area contributed by atoms with Crippen LogP contribution in [0.5, 0.6) is 0 Å². The van der Waals surface area contributed by atoms with Crippen LogP contribution in [-0.4, -0.2) is 15.7 Å². The first-order chi connectivity index (χ1) is 10.4. The van der Waals surface area contributed by atoms with Crippen molar-refractivity contribution in [2.45, 2.75) is 52.5 Å². The highest BCUT2D eigenvalue weighted by molar-refractivity contribution is 5.95. The highest BCUT2D eigenvalue weighted by atomic mass is 16.2. The predicted molar refractivity (Wildman–Crippen MR) is 90.2 cm³/mol. The monoisotopic (exact) mass is 299 g/mol. The van der Waals surface area contributed by atoms with Crippen molar-refractivity contribution in [2.24, 2.45) is 0 Å². The lowest BCUT2D eigenvalue weighted by molar-refractivity contribution is -0.119. The lowest BCUT2D eigenvalue weighted by Gasteiger charge is -2.21. The Labute approximate surface area is 132 Å². The molecule has 1 heterocycles. The first-order valence-electron chi connectivity index (χ1n) is 7.84. The molecule has 118 valence electrons. The minimum absolute atomic E-state index is 0.0429. The first kappa shape index (κ1) is 16.3. The molecular weight excluding hydrogens is 274 g/mol. The van der Waals surface area contributed by atoms with Gasteiger partial charge >= 0.3 is 0 Å². The van der Waals surface area contributed by atoms with Gasteiger partial charge in [-0.15, -0.1) is 0 Å². The summed E-state index contributed by atoms with van der Waals surface area (Å²) in [5.74, 6) is 0.668.